The molecular weight excluding hydrogens is 240 g/mol. The molecule has 0 bridgehead atoms. The molecule has 94 valence electrons. The van der Waals surface area contributed by atoms with E-state index in [-0.39, 0.29) is 5.91 Å². The normalized spacial score (nSPS) is 12.0. The smallest absolute Gasteiger partial charge is 0.328 e. The summed E-state index contributed by atoms with van der Waals surface area (Å²) in [5, 5.41) is 3.42. The maximum atomic E-state index is 11.8. The zero-order valence-electron chi connectivity index (χ0n) is 10.4. The summed E-state index contributed by atoms with van der Waals surface area (Å²) in [7, 11) is 0. The molecule has 0 aliphatic rings. The van der Waals surface area contributed by atoms with Crippen LogP contribution < -0.4 is 5.32 Å². The number of aromatic nitrogens is 1. The van der Waals surface area contributed by atoms with Crippen molar-refractivity contribution in [1.29, 1.82) is 0 Å². The van der Waals surface area contributed by atoms with Gasteiger partial charge in [0.25, 0.3) is 5.91 Å². The Balaban J connectivity index is 2.66. The molecule has 1 aromatic heterocycles. The molecule has 0 fully saturated rings. The molecule has 1 heterocycles. The van der Waals surface area contributed by atoms with Gasteiger partial charge in [-0.3, -0.25) is 4.79 Å². The highest BCUT2D eigenvalue weighted by molar-refractivity contribution is 7.13. The first kappa shape index (κ1) is 13.6. The number of nitrogens with one attached hydrogen (secondary N) is 1. The van der Waals surface area contributed by atoms with Crippen LogP contribution in [0.2, 0.25) is 0 Å². The van der Waals surface area contributed by atoms with Crippen LogP contribution in [0.1, 0.15) is 34.2 Å². The topological polar surface area (TPSA) is 68.3 Å². The van der Waals surface area contributed by atoms with Crippen LogP contribution in [0.5, 0.6) is 0 Å². The van der Waals surface area contributed by atoms with E-state index in [1.807, 2.05) is 6.92 Å². The van der Waals surface area contributed by atoms with Gasteiger partial charge in [0.2, 0.25) is 0 Å². The molecule has 0 radical (unpaired) electrons. The van der Waals surface area contributed by atoms with Crippen molar-refractivity contribution in [1.82, 2.24) is 10.3 Å². The summed E-state index contributed by atoms with van der Waals surface area (Å²) in [6.45, 7) is 7.23. The molecule has 0 aliphatic carbocycles. The van der Waals surface area contributed by atoms with Gasteiger partial charge in [0.15, 0.2) is 0 Å². The number of hydrogen-bond acceptors (Lipinski definition) is 5. The number of carbonyl (C=O) groups excluding carboxylic acids is 2. The van der Waals surface area contributed by atoms with Gasteiger partial charge >= 0.3 is 5.97 Å². The van der Waals surface area contributed by atoms with Crippen molar-refractivity contribution in [2.45, 2.75) is 33.7 Å². The molecule has 1 amide bonds. The fourth-order valence-electron chi connectivity index (χ4n) is 1.33. The Morgan fingerprint density at radius 3 is 2.59 bits per heavy atom. The third-order valence-corrected chi connectivity index (χ3v) is 3.17. The number of aryl methyl sites for hydroxylation is 2. The first-order valence-electron chi connectivity index (χ1n) is 5.37. The molecule has 1 rings (SSSR count). The lowest BCUT2D eigenvalue weighted by molar-refractivity contribution is -0.144. The number of esters is 1. The van der Waals surface area contributed by atoms with Gasteiger partial charge in [0.1, 0.15) is 10.9 Å². The average Bonchev–Trinajstić information content (AvgIpc) is 2.58. The standard InChI is InChI=1S/C11H16N2O3S/c1-5-16-11(15)7(3)13-10(14)9-6(2)12-8(4)17-9/h7H,5H2,1-4H3,(H,13,14). The van der Waals surface area contributed by atoms with Crippen LogP contribution in [0.15, 0.2) is 0 Å². The van der Waals surface area contributed by atoms with Crippen LogP contribution in [-0.4, -0.2) is 29.5 Å². The second-order valence-corrected chi connectivity index (χ2v) is 4.80. The molecule has 0 aliphatic heterocycles. The fraction of sp³-hybridized carbons (Fsp3) is 0.545. The summed E-state index contributed by atoms with van der Waals surface area (Å²) in [6, 6.07) is -0.649. The summed E-state index contributed by atoms with van der Waals surface area (Å²) in [5.74, 6) is -0.714. The van der Waals surface area contributed by atoms with E-state index in [0.29, 0.717) is 17.2 Å². The summed E-state index contributed by atoms with van der Waals surface area (Å²) in [6.07, 6.45) is 0. The Morgan fingerprint density at radius 1 is 1.47 bits per heavy atom. The van der Waals surface area contributed by atoms with Crippen molar-refractivity contribution in [3.8, 4) is 0 Å². The molecule has 1 unspecified atom stereocenters. The highest BCUT2D eigenvalue weighted by Gasteiger charge is 2.20. The van der Waals surface area contributed by atoms with Crippen LogP contribution in [-0.2, 0) is 9.53 Å². The Morgan fingerprint density at radius 2 is 2.12 bits per heavy atom. The van der Waals surface area contributed by atoms with Gasteiger partial charge in [-0.1, -0.05) is 0 Å². The highest BCUT2D eigenvalue weighted by Crippen LogP contribution is 2.16. The van der Waals surface area contributed by atoms with E-state index >= 15 is 0 Å². The lowest BCUT2D eigenvalue weighted by Gasteiger charge is -2.11. The van der Waals surface area contributed by atoms with Gasteiger partial charge in [-0.2, -0.15) is 0 Å². The van der Waals surface area contributed by atoms with Crippen molar-refractivity contribution in [2.24, 2.45) is 0 Å². The van der Waals surface area contributed by atoms with Gasteiger partial charge < -0.3 is 10.1 Å². The predicted octanol–water partition coefficient (Wildman–Crippen LogP) is 1.44. The molecule has 17 heavy (non-hydrogen) atoms. The van der Waals surface area contributed by atoms with E-state index in [1.165, 1.54) is 11.3 Å². The lowest BCUT2D eigenvalue weighted by atomic mass is 10.3. The average molecular weight is 256 g/mol. The number of nitrogens with zero attached hydrogens (tertiary/aromatic N) is 1. The molecular formula is C11H16N2O3S. The van der Waals surface area contributed by atoms with Crippen molar-refractivity contribution in [2.75, 3.05) is 6.61 Å². The molecule has 1 aromatic rings. The Bertz CT molecular complexity index is 428. The summed E-state index contributed by atoms with van der Waals surface area (Å²) < 4.78 is 4.81. The maximum Gasteiger partial charge on any atom is 0.328 e. The lowest BCUT2D eigenvalue weighted by Crippen LogP contribution is -2.39. The van der Waals surface area contributed by atoms with Crippen molar-refractivity contribution in [3.63, 3.8) is 0 Å². The minimum absolute atomic E-state index is 0.284. The van der Waals surface area contributed by atoms with Gasteiger partial charge in [-0.25, -0.2) is 9.78 Å². The monoisotopic (exact) mass is 256 g/mol. The van der Waals surface area contributed by atoms with Crippen LogP contribution >= 0.6 is 11.3 Å². The van der Waals surface area contributed by atoms with Crippen molar-refractivity contribution in [3.05, 3.63) is 15.6 Å². The largest absolute Gasteiger partial charge is 0.464 e. The predicted molar refractivity (Wildman–Crippen MR) is 65.1 cm³/mol. The Labute approximate surface area is 104 Å². The molecule has 1 N–H and O–H groups in total. The van der Waals surface area contributed by atoms with E-state index in [2.05, 4.69) is 10.3 Å². The minimum Gasteiger partial charge on any atom is -0.464 e. The number of thiazole rings is 1. The second-order valence-electron chi connectivity index (χ2n) is 3.59. The zero-order valence-corrected chi connectivity index (χ0v) is 11.2. The highest BCUT2D eigenvalue weighted by atomic mass is 32.1. The molecule has 0 spiro atoms. The van der Waals surface area contributed by atoms with Crippen LogP contribution in [0.3, 0.4) is 0 Å². The van der Waals surface area contributed by atoms with E-state index in [4.69, 9.17) is 4.74 Å². The summed E-state index contributed by atoms with van der Waals surface area (Å²) in [4.78, 5) is 27.9. The van der Waals surface area contributed by atoms with E-state index in [0.717, 1.165) is 5.01 Å². The van der Waals surface area contributed by atoms with Gasteiger partial charge in [0, 0.05) is 0 Å². The van der Waals surface area contributed by atoms with Gasteiger partial charge in [0.05, 0.1) is 17.3 Å². The third kappa shape index (κ3) is 3.52. The Hall–Kier alpha value is -1.43. The van der Waals surface area contributed by atoms with Crippen molar-refractivity contribution >= 4 is 23.2 Å². The SMILES string of the molecule is CCOC(=O)C(C)NC(=O)c1sc(C)nc1C. The molecule has 1 atom stereocenters. The molecule has 0 saturated heterocycles. The number of carbonyl (C=O) groups is 2. The molecule has 6 heteroatoms. The van der Waals surface area contributed by atoms with E-state index < -0.39 is 12.0 Å². The van der Waals surface area contributed by atoms with E-state index in [1.54, 1.807) is 20.8 Å². The summed E-state index contributed by atoms with van der Waals surface area (Å²) in [5.41, 5.74) is 0.682. The number of amides is 1. The van der Waals surface area contributed by atoms with E-state index in [9.17, 15) is 9.59 Å². The van der Waals surface area contributed by atoms with Gasteiger partial charge in [-0.15, -0.1) is 11.3 Å². The van der Waals surface area contributed by atoms with Gasteiger partial charge in [-0.05, 0) is 27.7 Å². The Kier molecular flexibility index (Phi) is 4.62. The quantitative estimate of drug-likeness (QED) is 0.828. The zero-order chi connectivity index (χ0) is 13.0. The minimum atomic E-state index is -0.649. The van der Waals surface area contributed by atoms with Crippen LogP contribution in [0.4, 0.5) is 0 Å². The fourth-order valence-corrected chi connectivity index (χ4v) is 2.15. The molecule has 0 aromatic carbocycles. The molecule has 5 nitrogen and oxygen atoms in total. The number of ether oxygens (including phenoxy) is 1. The first-order chi connectivity index (χ1) is 7.95. The number of rotatable bonds is 4. The second kappa shape index (κ2) is 5.77. The van der Waals surface area contributed by atoms with Crippen molar-refractivity contribution < 1.29 is 14.3 Å². The van der Waals surface area contributed by atoms with Crippen LogP contribution in [0, 0.1) is 13.8 Å². The summed E-state index contributed by atoms with van der Waals surface area (Å²) >= 11 is 1.31. The first-order valence-corrected chi connectivity index (χ1v) is 6.18. The maximum absolute atomic E-state index is 11.8. The number of hydrogen-bond donors (Lipinski definition) is 1. The molecule has 0 saturated carbocycles. The third-order valence-electron chi connectivity index (χ3n) is 2.10. The van der Waals surface area contributed by atoms with Crippen LogP contribution in [0.25, 0.3) is 0 Å².